The molecule has 7 nitrogen and oxygen atoms in total. The predicted molar refractivity (Wildman–Crippen MR) is 149 cm³/mol. The van der Waals surface area contributed by atoms with E-state index in [9.17, 15) is 18.0 Å². The molecule has 1 N–H and O–H groups in total. The molecule has 2 saturated heterocycles. The molecule has 3 heterocycles. The Kier molecular flexibility index (Phi) is 8.47. The third-order valence-corrected chi connectivity index (χ3v) is 9.39. The summed E-state index contributed by atoms with van der Waals surface area (Å²) in [6.45, 7) is 3.58. The number of rotatable bonds is 9. The number of nitrogens with zero attached hydrogens (tertiary/aromatic N) is 3. The minimum absolute atomic E-state index is 0.108. The number of carboxylic acids is 1. The van der Waals surface area contributed by atoms with Crippen molar-refractivity contribution in [2.24, 2.45) is 0 Å². The lowest BCUT2D eigenvalue weighted by atomic mass is 9.83. The molecule has 12 heteroatoms. The fourth-order valence-corrected chi connectivity index (χ4v) is 6.94. The molecule has 0 amide bonds. The summed E-state index contributed by atoms with van der Waals surface area (Å²) in [6, 6.07) is 8.71. The molecule has 0 spiro atoms. The van der Waals surface area contributed by atoms with Crippen LogP contribution in [-0.2, 0) is 22.1 Å². The van der Waals surface area contributed by atoms with E-state index in [0.717, 1.165) is 63.1 Å². The Hall–Kier alpha value is -2.60. The molecular weight excluding hydrogens is 567 g/mol. The summed E-state index contributed by atoms with van der Waals surface area (Å²) in [5.74, 6) is -0.452. The Morgan fingerprint density at radius 3 is 2.65 bits per heavy atom. The lowest BCUT2D eigenvalue weighted by Crippen LogP contribution is -2.55. The van der Waals surface area contributed by atoms with E-state index in [4.69, 9.17) is 26.2 Å². The molecule has 5 rings (SSSR count). The number of fused-ring (bicyclic) bond motifs is 1. The normalized spacial score (nSPS) is 19.8. The third kappa shape index (κ3) is 6.32. The Balaban J connectivity index is 1.29. The molecule has 2 aromatic carbocycles. The van der Waals surface area contributed by atoms with Gasteiger partial charge in [0.15, 0.2) is 5.13 Å². The van der Waals surface area contributed by atoms with Crippen LogP contribution in [0, 0.1) is 0 Å². The average Bonchev–Trinajstić information content (AvgIpc) is 3.57. The number of methoxy groups -OCH3 is 1. The molecule has 3 aromatic rings. The van der Waals surface area contributed by atoms with Crippen molar-refractivity contribution in [1.82, 2.24) is 9.88 Å². The maximum Gasteiger partial charge on any atom is 0.416 e. The molecule has 1 aromatic heterocycles. The number of aliphatic carboxylic acids is 1. The fourth-order valence-electron chi connectivity index (χ4n) is 5.71. The average molecular weight is 598 g/mol. The van der Waals surface area contributed by atoms with Crippen LogP contribution in [0.25, 0.3) is 10.2 Å². The van der Waals surface area contributed by atoms with E-state index in [1.807, 2.05) is 0 Å². The molecule has 2 fully saturated rings. The van der Waals surface area contributed by atoms with Gasteiger partial charge in [-0.15, -0.1) is 0 Å². The Morgan fingerprint density at radius 1 is 1.20 bits per heavy atom. The first kappa shape index (κ1) is 28.9. The zero-order valence-electron chi connectivity index (χ0n) is 22.0. The van der Waals surface area contributed by atoms with Crippen LogP contribution in [-0.4, -0.2) is 72.5 Å². The van der Waals surface area contributed by atoms with Gasteiger partial charge in [-0.25, -0.2) is 4.98 Å². The van der Waals surface area contributed by atoms with Gasteiger partial charge in [0.2, 0.25) is 0 Å². The van der Waals surface area contributed by atoms with Crippen LogP contribution in [0.3, 0.4) is 0 Å². The number of aromatic nitrogens is 1. The van der Waals surface area contributed by atoms with Crippen molar-refractivity contribution >= 4 is 44.3 Å². The van der Waals surface area contributed by atoms with Gasteiger partial charge in [0.25, 0.3) is 0 Å². The standard InChI is InChI=1S/C28H31ClF3N3O4S/c1-38-20-6-10-35(17-20)27(9-13-39-23-14-18(15-25(36)37)2-4-21(23)29)7-11-34(12-8-27)26-33-22-5-3-19(28(30,31)32)16-24(22)40-26/h2-5,14,16,20H,6-13,15,17H2,1H3,(H,36,37). The largest absolute Gasteiger partial charge is 0.492 e. The van der Waals surface area contributed by atoms with Gasteiger partial charge in [0, 0.05) is 38.8 Å². The van der Waals surface area contributed by atoms with Crippen LogP contribution < -0.4 is 9.64 Å². The van der Waals surface area contributed by atoms with Crippen molar-refractivity contribution < 1.29 is 32.5 Å². The first-order chi connectivity index (χ1) is 19.1. The minimum atomic E-state index is -4.39. The molecule has 2 aliphatic rings. The van der Waals surface area contributed by atoms with Gasteiger partial charge >= 0.3 is 12.1 Å². The van der Waals surface area contributed by atoms with Gasteiger partial charge < -0.3 is 19.5 Å². The lowest BCUT2D eigenvalue weighted by molar-refractivity contribution is -0.138. The number of carbonyl (C=O) groups is 1. The molecule has 216 valence electrons. The summed E-state index contributed by atoms with van der Waals surface area (Å²) in [7, 11) is 1.73. The van der Waals surface area contributed by atoms with E-state index in [2.05, 4.69) is 14.8 Å². The van der Waals surface area contributed by atoms with Crippen LogP contribution in [0.1, 0.15) is 36.8 Å². The minimum Gasteiger partial charge on any atom is -0.492 e. The molecule has 2 aliphatic heterocycles. The number of anilines is 1. The number of hydrogen-bond acceptors (Lipinski definition) is 7. The molecular formula is C28H31ClF3N3O4S. The first-order valence-electron chi connectivity index (χ1n) is 13.2. The molecule has 0 aliphatic carbocycles. The summed E-state index contributed by atoms with van der Waals surface area (Å²) in [4.78, 5) is 20.4. The lowest BCUT2D eigenvalue weighted by Gasteiger charge is -2.47. The number of likely N-dealkylation sites (tertiary alicyclic amines) is 1. The quantitative estimate of drug-likeness (QED) is 0.318. The second kappa shape index (κ2) is 11.7. The number of thiazole rings is 1. The van der Waals surface area contributed by atoms with E-state index in [0.29, 0.717) is 33.2 Å². The van der Waals surface area contributed by atoms with Crippen molar-refractivity contribution in [2.45, 2.75) is 49.9 Å². The van der Waals surface area contributed by atoms with E-state index in [1.54, 1.807) is 25.3 Å². The summed E-state index contributed by atoms with van der Waals surface area (Å²) in [5.41, 5.74) is 0.385. The number of piperidine rings is 1. The van der Waals surface area contributed by atoms with Crippen molar-refractivity contribution in [1.29, 1.82) is 0 Å². The summed E-state index contributed by atoms with van der Waals surface area (Å²) >= 11 is 7.63. The van der Waals surface area contributed by atoms with Crippen LogP contribution in [0.2, 0.25) is 5.02 Å². The number of hydrogen-bond donors (Lipinski definition) is 1. The first-order valence-corrected chi connectivity index (χ1v) is 14.4. The smallest absolute Gasteiger partial charge is 0.416 e. The van der Waals surface area contributed by atoms with Gasteiger partial charge in [-0.1, -0.05) is 29.0 Å². The van der Waals surface area contributed by atoms with Crippen LogP contribution >= 0.6 is 22.9 Å². The molecule has 0 saturated carbocycles. The SMILES string of the molecule is COC1CCN(C2(CCOc3cc(CC(=O)O)ccc3Cl)CCN(c3nc4ccc(C(F)(F)F)cc4s3)CC2)C1. The number of ether oxygens (including phenoxy) is 2. The molecule has 1 unspecified atom stereocenters. The second-order valence-electron chi connectivity index (χ2n) is 10.4. The number of benzene rings is 2. The maximum atomic E-state index is 13.2. The topological polar surface area (TPSA) is 75.1 Å². The van der Waals surface area contributed by atoms with Crippen molar-refractivity contribution in [2.75, 3.05) is 44.8 Å². The number of alkyl halides is 3. The highest BCUT2D eigenvalue weighted by Crippen LogP contribution is 2.40. The highest BCUT2D eigenvalue weighted by atomic mass is 35.5. The Morgan fingerprint density at radius 2 is 1.98 bits per heavy atom. The van der Waals surface area contributed by atoms with E-state index >= 15 is 0 Å². The monoisotopic (exact) mass is 597 g/mol. The van der Waals surface area contributed by atoms with Crippen LogP contribution in [0.15, 0.2) is 36.4 Å². The van der Waals surface area contributed by atoms with Crippen molar-refractivity contribution in [3.05, 3.63) is 52.5 Å². The van der Waals surface area contributed by atoms with Crippen LogP contribution in [0.4, 0.5) is 18.3 Å². The summed E-state index contributed by atoms with van der Waals surface area (Å²) in [5, 5.41) is 10.3. The fraction of sp³-hybridized carbons (Fsp3) is 0.500. The zero-order chi connectivity index (χ0) is 28.5. The van der Waals surface area contributed by atoms with Gasteiger partial charge in [0.1, 0.15) is 5.75 Å². The molecule has 0 bridgehead atoms. The second-order valence-corrected chi connectivity index (χ2v) is 11.8. The Labute approximate surface area is 239 Å². The van der Waals surface area contributed by atoms with Gasteiger partial charge in [-0.05, 0) is 61.6 Å². The predicted octanol–water partition coefficient (Wildman–Crippen LogP) is 6.12. The zero-order valence-corrected chi connectivity index (χ0v) is 23.6. The van der Waals surface area contributed by atoms with E-state index in [1.165, 1.54) is 23.5 Å². The molecule has 0 radical (unpaired) electrons. The van der Waals surface area contributed by atoms with Crippen molar-refractivity contribution in [3.63, 3.8) is 0 Å². The third-order valence-electron chi connectivity index (χ3n) is 7.99. The molecule has 40 heavy (non-hydrogen) atoms. The maximum absolute atomic E-state index is 13.2. The highest BCUT2D eigenvalue weighted by molar-refractivity contribution is 7.22. The highest BCUT2D eigenvalue weighted by Gasteiger charge is 2.43. The Bertz CT molecular complexity index is 1360. The molecule has 1 atom stereocenters. The van der Waals surface area contributed by atoms with Gasteiger partial charge in [-0.2, -0.15) is 13.2 Å². The van der Waals surface area contributed by atoms with Gasteiger partial charge in [-0.3, -0.25) is 9.69 Å². The van der Waals surface area contributed by atoms with Crippen molar-refractivity contribution in [3.8, 4) is 5.75 Å². The van der Waals surface area contributed by atoms with Crippen LogP contribution in [0.5, 0.6) is 5.75 Å². The van der Waals surface area contributed by atoms with E-state index in [-0.39, 0.29) is 18.1 Å². The van der Waals surface area contributed by atoms with Gasteiger partial charge in [0.05, 0.1) is 39.9 Å². The number of carboxylic acid groups (broad SMARTS) is 1. The summed E-state index contributed by atoms with van der Waals surface area (Å²) < 4.78 is 51.8. The van der Waals surface area contributed by atoms with E-state index < -0.39 is 17.7 Å². The summed E-state index contributed by atoms with van der Waals surface area (Å²) in [6.07, 6.45) is -0.959. The number of halogens is 4.